The van der Waals surface area contributed by atoms with Crippen molar-refractivity contribution in [3.63, 3.8) is 0 Å². The second-order valence-electron chi connectivity index (χ2n) is 6.29. The monoisotopic (exact) mass is 373 g/mol. The molecule has 0 radical (unpaired) electrons. The van der Waals surface area contributed by atoms with Crippen molar-refractivity contribution in [2.24, 2.45) is 0 Å². The van der Waals surface area contributed by atoms with Gasteiger partial charge in [-0.2, -0.15) is 0 Å². The fraction of sp³-hybridized carbons (Fsp3) is 0.286. The number of nitrogens with one attached hydrogen (secondary N) is 1. The predicted molar refractivity (Wildman–Crippen MR) is 107 cm³/mol. The SMILES string of the molecule is COc1cc(/C=C/C(=O)Nc2c(C)cccc2C)cc(Cl)c1OC(C)C. The van der Waals surface area contributed by atoms with Gasteiger partial charge in [0.25, 0.3) is 0 Å². The minimum Gasteiger partial charge on any atom is -0.493 e. The van der Waals surface area contributed by atoms with Gasteiger partial charge < -0.3 is 14.8 Å². The molecule has 0 atom stereocenters. The fourth-order valence-electron chi connectivity index (χ4n) is 2.53. The van der Waals surface area contributed by atoms with Crippen LogP contribution in [0.25, 0.3) is 6.08 Å². The van der Waals surface area contributed by atoms with Gasteiger partial charge in [-0.3, -0.25) is 4.79 Å². The quantitative estimate of drug-likeness (QED) is 0.689. The Hall–Kier alpha value is -2.46. The predicted octanol–water partition coefficient (Wildman–Crippen LogP) is 5.40. The highest BCUT2D eigenvalue weighted by molar-refractivity contribution is 6.32. The molecule has 138 valence electrons. The summed E-state index contributed by atoms with van der Waals surface area (Å²) in [5.74, 6) is 0.822. The molecule has 0 bridgehead atoms. The lowest BCUT2D eigenvalue weighted by molar-refractivity contribution is -0.111. The number of para-hydroxylation sites is 1. The van der Waals surface area contributed by atoms with Crippen LogP contribution in [-0.4, -0.2) is 19.1 Å². The molecule has 2 rings (SSSR count). The topological polar surface area (TPSA) is 47.6 Å². The summed E-state index contributed by atoms with van der Waals surface area (Å²) in [6.07, 6.45) is 3.14. The standard InChI is InChI=1S/C21H24ClNO3/c1-13(2)26-21-17(22)11-16(12-18(21)25-5)9-10-19(24)23-20-14(3)7-6-8-15(20)4/h6-13H,1-5H3,(H,23,24)/b10-9+. The number of rotatable bonds is 6. The van der Waals surface area contributed by atoms with E-state index >= 15 is 0 Å². The largest absolute Gasteiger partial charge is 0.493 e. The normalized spacial score (nSPS) is 11.0. The molecule has 0 spiro atoms. The number of aryl methyl sites for hydroxylation is 2. The Bertz CT molecular complexity index is 808. The Morgan fingerprint density at radius 1 is 1.19 bits per heavy atom. The summed E-state index contributed by atoms with van der Waals surface area (Å²) in [7, 11) is 1.56. The van der Waals surface area contributed by atoms with Crippen molar-refractivity contribution in [3.8, 4) is 11.5 Å². The highest BCUT2D eigenvalue weighted by Crippen LogP contribution is 2.37. The Morgan fingerprint density at radius 2 is 1.85 bits per heavy atom. The van der Waals surface area contributed by atoms with Crippen molar-refractivity contribution in [1.82, 2.24) is 0 Å². The third kappa shape index (κ3) is 5.02. The molecular formula is C21H24ClNO3. The molecular weight excluding hydrogens is 350 g/mol. The molecule has 26 heavy (non-hydrogen) atoms. The summed E-state index contributed by atoms with van der Waals surface area (Å²) >= 11 is 6.30. The molecule has 4 nitrogen and oxygen atoms in total. The van der Waals surface area contributed by atoms with Crippen molar-refractivity contribution in [2.75, 3.05) is 12.4 Å². The van der Waals surface area contributed by atoms with Crippen LogP contribution >= 0.6 is 11.6 Å². The zero-order chi connectivity index (χ0) is 19.3. The number of halogens is 1. The second-order valence-corrected chi connectivity index (χ2v) is 6.70. The molecule has 0 aliphatic heterocycles. The molecule has 2 aromatic rings. The average Bonchev–Trinajstić information content (AvgIpc) is 2.58. The van der Waals surface area contributed by atoms with Crippen LogP contribution in [0.2, 0.25) is 5.02 Å². The highest BCUT2D eigenvalue weighted by Gasteiger charge is 2.13. The summed E-state index contributed by atoms with van der Waals surface area (Å²) in [5.41, 5.74) is 3.62. The molecule has 0 aliphatic rings. The average molecular weight is 374 g/mol. The number of anilines is 1. The Labute approximate surface area is 159 Å². The highest BCUT2D eigenvalue weighted by atomic mass is 35.5. The maximum absolute atomic E-state index is 12.3. The number of ether oxygens (including phenoxy) is 2. The lowest BCUT2D eigenvalue weighted by Crippen LogP contribution is -2.10. The van der Waals surface area contributed by atoms with E-state index < -0.39 is 0 Å². The van der Waals surface area contributed by atoms with Crippen LogP contribution in [0.3, 0.4) is 0 Å². The smallest absolute Gasteiger partial charge is 0.248 e. The van der Waals surface area contributed by atoms with Gasteiger partial charge in [0.1, 0.15) is 0 Å². The Kier molecular flexibility index (Phi) is 6.70. The number of carbonyl (C=O) groups excluding carboxylic acids is 1. The Balaban J connectivity index is 2.19. The number of methoxy groups -OCH3 is 1. The summed E-state index contributed by atoms with van der Waals surface area (Å²) in [6.45, 7) is 7.76. The van der Waals surface area contributed by atoms with E-state index in [1.54, 1.807) is 25.3 Å². The van der Waals surface area contributed by atoms with Gasteiger partial charge in [-0.25, -0.2) is 0 Å². The van der Waals surface area contributed by atoms with Crippen molar-refractivity contribution < 1.29 is 14.3 Å². The van der Waals surface area contributed by atoms with Crippen molar-refractivity contribution in [1.29, 1.82) is 0 Å². The number of amides is 1. The van der Waals surface area contributed by atoms with Crippen molar-refractivity contribution >= 4 is 29.3 Å². The summed E-state index contributed by atoms with van der Waals surface area (Å²) in [5, 5.41) is 3.35. The lowest BCUT2D eigenvalue weighted by Gasteiger charge is -2.15. The minimum absolute atomic E-state index is 0.0223. The molecule has 1 amide bonds. The molecule has 0 unspecified atom stereocenters. The van der Waals surface area contributed by atoms with Crippen LogP contribution in [-0.2, 0) is 4.79 Å². The first-order valence-electron chi connectivity index (χ1n) is 8.41. The third-order valence-corrected chi connectivity index (χ3v) is 4.04. The Morgan fingerprint density at radius 3 is 2.42 bits per heavy atom. The fourth-order valence-corrected chi connectivity index (χ4v) is 2.80. The summed E-state index contributed by atoms with van der Waals surface area (Å²) in [4.78, 5) is 12.3. The van der Waals surface area contributed by atoms with Gasteiger partial charge >= 0.3 is 0 Å². The van der Waals surface area contributed by atoms with E-state index in [0.29, 0.717) is 16.5 Å². The van der Waals surface area contributed by atoms with Crippen LogP contribution in [0.4, 0.5) is 5.69 Å². The van der Waals surface area contributed by atoms with E-state index in [0.717, 1.165) is 22.4 Å². The molecule has 0 saturated carbocycles. The number of carbonyl (C=O) groups is 1. The molecule has 0 heterocycles. The summed E-state index contributed by atoms with van der Waals surface area (Å²) < 4.78 is 11.1. The first-order chi connectivity index (χ1) is 12.3. The van der Waals surface area contributed by atoms with Crippen LogP contribution in [0.1, 0.15) is 30.5 Å². The maximum atomic E-state index is 12.3. The van der Waals surface area contributed by atoms with E-state index in [-0.39, 0.29) is 12.0 Å². The first-order valence-corrected chi connectivity index (χ1v) is 8.79. The minimum atomic E-state index is -0.208. The van der Waals surface area contributed by atoms with E-state index in [1.807, 2.05) is 45.9 Å². The molecule has 0 aromatic heterocycles. The van der Waals surface area contributed by atoms with Crippen molar-refractivity contribution in [2.45, 2.75) is 33.8 Å². The van der Waals surface area contributed by atoms with Crippen molar-refractivity contribution in [3.05, 3.63) is 58.1 Å². The number of hydrogen-bond donors (Lipinski definition) is 1. The molecule has 5 heteroatoms. The van der Waals surface area contributed by atoms with E-state index in [9.17, 15) is 4.79 Å². The number of hydrogen-bond acceptors (Lipinski definition) is 3. The van der Waals surface area contributed by atoms with Gasteiger partial charge in [0.15, 0.2) is 11.5 Å². The molecule has 0 saturated heterocycles. The maximum Gasteiger partial charge on any atom is 0.248 e. The van der Waals surface area contributed by atoms with E-state index in [2.05, 4.69) is 5.32 Å². The van der Waals surface area contributed by atoms with Crippen LogP contribution in [0, 0.1) is 13.8 Å². The molecule has 1 N–H and O–H groups in total. The molecule has 0 aliphatic carbocycles. The van der Waals surface area contributed by atoms with E-state index in [1.165, 1.54) is 6.08 Å². The van der Waals surface area contributed by atoms with Crippen LogP contribution in [0.15, 0.2) is 36.4 Å². The van der Waals surface area contributed by atoms with E-state index in [4.69, 9.17) is 21.1 Å². The van der Waals surface area contributed by atoms with Gasteiger partial charge in [-0.05, 0) is 62.6 Å². The van der Waals surface area contributed by atoms with Crippen LogP contribution in [0.5, 0.6) is 11.5 Å². The molecule has 0 fully saturated rings. The van der Waals surface area contributed by atoms with Gasteiger partial charge in [-0.1, -0.05) is 29.8 Å². The van der Waals surface area contributed by atoms with Crippen LogP contribution < -0.4 is 14.8 Å². The summed E-state index contributed by atoms with van der Waals surface area (Å²) in [6, 6.07) is 9.41. The first kappa shape index (κ1) is 19.9. The lowest BCUT2D eigenvalue weighted by atomic mass is 10.1. The van der Waals surface area contributed by atoms with Gasteiger partial charge in [0.05, 0.1) is 18.2 Å². The van der Waals surface area contributed by atoms with Gasteiger partial charge in [0.2, 0.25) is 5.91 Å². The second kappa shape index (κ2) is 8.77. The van der Waals surface area contributed by atoms with Gasteiger partial charge in [-0.15, -0.1) is 0 Å². The molecule has 2 aromatic carbocycles. The zero-order valence-corrected chi connectivity index (χ0v) is 16.5. The zero-order valence-electron chi connectivity index (χ0n) is 15.7. The third-order valence-electron chi connectivity index (χ3n) is 3.76. The number of benzene rings is 2. The van der Waals surface area contributed by atoms with Gasteiger partial charge in [0, 0.05) is 11.8 Å².